The standard InChI is InChI=1S/C14H25N3O7/c1-6(18)10(17-8(3)19)12-11(16-7(2)15-4)9(20)5-14(23,24-12)13(21)22/h6,9-12,18,20,23H,5H2,1-4H3,(H,15,16)(H,17,19)(H,21,22)/t6-,9+,10-,11-,12+,14+/m1/s1. The van der Waals surface area contributed by atoms with Gasteiger partial charge in [-0.05, 0) is 13.8 Å². The molecule has 1 aliphatic rings. The first-order chi connectivity index (χ1) is 11.0. The molecular formula is C14H25N3O7. The molecule has 1 fully saturated rings. The molecule has 0 aromatic rings. The van der Waals surface area contributed by atoms with Crippen molar-refractivity contribution >= 4 is 17.7 Å². The Labute approximate surface area is 139 Å². The van der Waals surface area contributed by atoms with Crippen LogP contribution in [-0.2, 0) is 14.3 Å². The summed E-state index contributed by atoms with van der Waals surface area (Å²) >= 11 is 0. The molecule has 0 saturated carbocycles. The zero-order valence-electron chi connectivity index (χ0n) is 14.1. The molecule has 1 rings (SSSR count). The van der Waals surface area contributed by atoms with Gasteiger partial charge >= 0.3 is 5.97 Å². The molecule has 0 bridgehead atoms. The number of carbonyl (C=O) groups is 2. The molecule has 0 aliphatic carbocycles. The Bertz CT molecular complexity index is 511. The average Bonchev–Trinajstić information content (AvgIpc) is 2.46. The molecule has 10 nitrogen and oxygen atoms in total. The maximum Gasteiger partial charge on any atom is 0.364 e. The Balaban J connectivity index is 3.24. The van der Waals surface area contributed by atoms with Crippen LogP contribution >= 0.6 is 0 Å². The summed E-state index contributed by atoms with van der Waals surface area (Å²) in [5, 5.41) is 44.9. The molecule has 0 aromatic heterocycles. The van der Waals surface area contributed by atoms with Gasteiger partial charge in [0.1, 0.15) is 6.10 Å². The van der Waals surface area contributed by atoms with Crippen molar-refractivity contribution in [3.05, 3.63) is 0 Å². The van der Waals surface area contributed by atoms with E-state index in [1.54, 1.807) is 6.92 Å². The van der Waals surface area contributed by atoms with E-state index in [2.05, 4.69) is 15.6 Å². The van der Waals surface area contributed by atoms with Crippen LogP contribution in [-0.4, -0.2) is 81.4 Å². The van der Waals surface area contributed by atoms with Crippen LogP contribution in [0.25, 0.3) is 0 Å². The summed E-state index contributed by atoms with van der Waals surface area (Å²) in [6, 6.07) is -1.97. The number of nitrogens with zero attached hydrogens (tertiary/aromatic N) is 1. The number of carboxylic acids is 1. The molecule has 138 valence electrons. The van der Waals surface area contributed by atoms with E-state index < -0.39 is 54.5 Å². The normalized spacial score (nSPS) is 33.5. The van der Waals surface area contributed by atoms with Crippen LogP contribution in [0, 0.1) is 0 Å². The first kappa shape index (κ1) is 20.3. The summed E-state index contributed by atoms with van der Waals surface area (Å²) < 4.78 is 5.29. The average molecular weight is 347 g/mol. The third-order valence-electron chi connectivity index (χ3n) is 3.87. The zero-order chi connectivity index (χ0) is 18.7. The lowest BCUT2D eigenvalue weighted by Crippen LogP contribution is -2.69. The van der Waals surface area contributed by atoms with Gasteiger partial charge in [0.15, 0.2) is 0 Å². The van der Waals surface area contributed by atoms with E-state index in [0.717, 1.165) is 0 Å². The molecule has 6 N–H and O–H groups in total. The van der Waals surface area contributed by atoms with Gasteiger partial charge in [-0.3, -0.25) is 9.79 Å². The first-order valence-corrected chi connectivity index (χ1v) is 7.48. The molecule has 0 spiro atoms. The molecule has 1 aliphatic heterocycles. The number of aliphatic carboxylic acids is 1. The van der Waals surface area contributed by atoms with Crippen molar-refractivity contribution in [2.75, 3.05) is 7.05 Å². The maximum atomic E-state index is 11.4. The van der Waals surface area contributed by atoms with E-state index in [9.17, 15) is 24.9 Å². The number of amidine groups is 1. The number of aliphatic hydroxyl groups is 3. The molecule has 24 heavy (non-hydrogen) atoms. The number of rotatable bonds is 5. The molecule has 0 unspecified atom stereocenters. The van der Waals surface area contributed by atoms with Crippen LogP contribution in [0.4, 0.5) is 0 Å². The molecule has 1 amide bonds. The van der Waals surface area contributed by atoms with Crippen LogP contribution in [0.2, 0.25) is 0 Å². The Kier molecular flexibility index (Phi) is 6.67. The van der Waals surface area contributed by atoms with Crippen molar-refractivity contribution in [1.29, 1.82) is 0 Å². The second kappa shape index (κ2) is 7.88. The van der Waals surface area contributed by atoms with Gasteiger partial charge in [-0.25, -0.2) is 4.79 Å². The number of hydrogen-bond donors (Lipinski definition) is 6. The highest BCUT2D eigenvalue weighted by atomic mass is 16.7. The monoisotopic (exact) mass is 347 g/mol. The van der Waals surface area contributed by atoms with Crippen molar-refractivity contribution in [3.63, 3.8) is 0 Å². The Morgan fingerprint density at radius 3 is 2.38 bits per heavy atom. The highest BCUT2D eigenvalue weighted by Gasteiger charge is 2.53. The van der Waals surface area contributed by atoms with Gasteiger partial charge in [0.25, 0.3) is 5.79 Å². The minimum absolute atomic E-state index is 0.431. The van der Waals surface area contributed by atoms with Crippen LogP contribution in [0.3, 0.4) is 0 Å². The number of nitrogens with one attached hydrogen (secondary N) is 2. The second-order valence-electron chi connectivity index (χ2n) is 5.89. The van der Waals surface area contributed by atoms with Crippen molar-refractivity contribution in [2.45, 2.75) is 63.4 Å². The summed E-state index contributed by atoms with van der Waals surface area (Å²) in [5.41, 5.74) is 0. The van der Waals surface area contributed by atoms with Gasteiger partial charge in [0.2, 0.25) is 5.91 Å². The highest BCUT2D eigenvalue weighted by Crippen LogP contribution is 2.30. The van der Waals surface area contributed by atoms with E-state index in [0.29, 0.717) is 5.84 Å². The zero-order valence-corrected chi connectivity index (χ0v) is 14.1. The smallest absolute Gasteiger partial charge is 0.364 e. The van der Waals surface area contributed by atoms with Crippen LogP contribution < -0.4 is 10.6 Å². The largest absolute Gasteiger partial charge is 0.477 e. The van der Waals surface area contributed by atoms with E-state index in [1.165, 1.54) is 20.9 Å². The van der Waals surface area contributed by atoms with E-state index in [4.69, 9.17) is 9.84 Å². The maximum absolute atomic E-state index is 11.4. The number of amides is 1. The van der Waals surface area contributed by atoms with Crippen molar-refractivity contribution in [1.82, 2.24) is 10.6 Å². The SMILES string of the molecule is CN=C(C)N[C@H]1[C@H]([C@H](NC(C)=O)[C@@H](C)O)O[C@](O)(C(=O)O)C[C@@H]1O. The Morgan fingerprint density at radius 2 is 1.96 bits per heavy atom. The fraction of sp³-hybridized carbons (Fsp3) is 0.786. The minimum atomic E-state index is -2.63. The van der Waals surface area contributed by atoms with Crippen LogP contribution in [0.5, 0.6) is 0 Å². The highest BCUT2D eigenvalue weighted by molar-refractivity contribution is 5.80. The topological polar surface area (TPSA) is 161 Å². The first-order valence-electron chi connectivity index (χ1n) is 7.48. The molecule has 0 radical (unpaired) electrons. The number of aliphatic imine (C=N–C) groups is 1. The predicted molar refractivity (Wildman–Crippen MR) is 83.3 cm³/mol. The third kappa shape index (κ3) is 4.63. The second-order valence-corrected chi connectivity index (χ2v) is 5.89. The lowest BCUT2D eigenvalue weighted by Gasteiger charge is -2.46. The molecule has 6 atom stereocenters. The lowest BCUT2D eigenvalue weighted by atomic mass is 9.87. The van der Waals surface area contributed by atoms with Gasteiger partial charge < -0.3 is 35.8 Å². The number of hydrogen-bond acceptors (Lipinski definition) is 7. The lowest BCUT2D eigenvalue weighted by molar-refractivity contribution is -0.282. The van der Waals surface area contributed by atoms with Crippen LogP contribution in [0.1, 0.15) is 27.2 Å². The van der Waals surface area contributed by atoms with E-state index in [-0.39, 0.29) is 0 Å². The van der Waals surface area contributed by atoms with Gasteiger partial charge in [0, 0.05) is 20.4 Å². The van der Waals surface area contributed by atoms with E-state index in [1.807, 2.05) is 0 Å². The number of ether oxygens (including phenoxy) is 1. The molecule has 1 saturated heterocycles. The summed E-state index contributed by atoms with van der Waals surface area (Å²) in [6.07, 6.45) is -4.27. The van der Waals surface area contributed by atoms with Gasteiger partial charge in [-0.2, -0.15) is 0 Å². The third-order valence-corrected chi connectivity index (χ3v) is 3.87. The number of carboxylic acid groups (broad SMARTS) is 1. The summed E-state index contributed by atoms with van der Waals surface area (Å²) in [7, 11) is 1.51. The summed E-state index contributed by atoms with van der Waals surface area (Å²) in [4.78, 5) is 26.6. The fourth-order valence-corrected chi connectivity index (χ4v) is 2.61. The van der Waals surface area contributed by atoms with Crippen molar-refractivity contribution in [3.8, 4) is 0 Å². The minimum Gasteiger partial charge on any atom is -0.477 e. The van der Waals surface area contributed by atoms with Gasteiger partial charge in [-0.15, -0.1) is 0 Å². The Morgan fingerprint density at radius 1 is 1.38 bits per heavy atom. The quantitative estimate of drug-likeness (QED) is 0.241. The molecule has 1 heterocycles. The van der Waals surface area contributed by atoms with Gasteiger partial charge in [-0.1, -0.05) is 0 Å². The fourth-order valence-electron chi connectivity index (χ4n) is 2.61. The molecular weight excluding hydrogens is 322 g/mol. The summed E-state index contributed by atoms with van der Waals surface area (Å²) in [5.74, 6) is -4.35. The molecule has 10 heteroatoms. The number of aliphatic hydroxyl groups excluding tert-OH is 2. The summed E-state index contributed by atoms with van der Waals surface area (Å²) in [6.45, 7) is 4.22. The van der Waals surface area contributed by atoms with Crippen molar-refractivity contribution in [2.24, 2.45) is 4.99 Å². The Hall–Kier alpha value is -1.75. The molecule has 0 aromatic carbocycles. The number of carbonyl (C=O) groups excluding carboxylic acids is 1. The van der Waals surface area contributed by atoms with Crippen LogP contribution in [0.15, 0.2) is 4.99 Å². The van der Waals surface area contributed by atoms with Crippen molar-refractivity contribution < 1.29 is 34.8 Å². The predicted octanol–water partition coefficient (Wildman–Crippen LogP) is -2.20. The van der Waals surface area contributed by atoms with E-state index >= 15 is 0 Å². The van der Waals surface area contributed by atoms with Gasteiger partial charge in [0.05, 0.1) is 30.1 Å².